The zero-order valence-corrected chi connectivity index (χ0v) is 17.4. The van der Waals surface area contributed by atoms with Gasteiger partial charge >= 0.3 is 0 Å². The minimum absolute atomic E-state index is 0.453. The number of para-hydroxylation sites is 1. The van der Waals surface area contributed by atoms with E-state index in [1.165, 1.54) is 6.42 Å². The molecule has 30 heavy (non-hydrogen) atoms. The van der Waals surface area contributed by atoms with Crippen molar-refractivity contribution in [2.45, 2.75) is 26.2 Å². The third-order valence-electron chi connectivity index (χ3n) is 5.33. The molecule has 0 unspecified atom stereocenters. The van der Waals surface area contributed by atoms with Gasteiger partial charge in [0.25, 0.3) is 0 Å². The standard InChI is InChI=1S/C22H22ClN7/c1-14-9-10-15(17(23)13-14)19-24-21(27-22(26-19)30-11-5-2-6-12-30)25-20-16-7-3-4-8-18(16)28-29-20/h3-4,7-10,13H,2,5-6,11-12H2,1H3,(H2,24,25,26,27,28,29). The van der Waals surface area contributed by atoms with Gasteiger partial charge in [0.1, 0.15) is 0 Å². The molecular weight excluding hydrogens is 398 g/mol. The summed E-state index contributed by atoms with van der Waals surface area (Å²) in [4.78, 5) is 16.4. The average molecular weight is 420 g/mol. The quantitative estimate of drug-likeness (QED) is 0.478. The van der Waals surface area contributed by atoms with E-state index in [-0.39, 0.29) is 0 Å². The van der Waals surface area contributed by atoms with Crippen molar-refractivity contribution in [3.63, 3.8) is 0 Å². The zero-order chi connectivity index (χ0) is 20.5. The fraction of sp³-hybridized carbons (Fsp3) is 0.273. The normalized spacial score (nSPS) is 14.3. The monoisotopic (exact) mass is 419 g/mol. The molecule has 1 saturated heterocycles. The van der Waals surface area contributed by atoms with Crippen LogP contribution in [-0.4, -0.2) is 38.2 Å². The van der Waals surface area contributed by atoms with E-state index in [0.717, 1.165) is 48.0 Å². The highest BCUT2D eigenvalue weighted by atomic mass is 35.5. The number of hydrogen-bond acceptors (Lipinski definition) is 6. The Kier molecular flexibility index (Phi) is 4.96. The fourth-order valence-corrected chi connectivity index (χ4v) is 4.06. The summed E-state index contributed by atoms with van der Waals surface area (Å²) in [6.45, 7) is 3.89. The number of aromatic amines is 1. The summed E-state index contributed by atoms with van der Waals surface area (Å²) in [5, 5.41) is 12.3. The first-order chi connectivity index (χ1) is 14.7. The van der Waals surface area contributed by atoms with Gasteiger partial charge in [0.15, 0.2) is 11.6 Å². The molecule has 4 aromatic rings. The summed E-state index contributed by atoms with van der Waals surface area (Å²) in [5.41, 5.74) is 2.83. The van der Waals surface area contributed by atoms with Gasteiger partial charge in [-0.2, -0.15) is 20.1 Å². The molecule has 0 atom stereocenters. The first-order valence-corrected chi connectivity index (χ1v) is 10.5. The van der Waals surface area contributed by atoms with Crippen LogP contribution in [0.5, 0.6) is 0 Å². The van der Waals surface area contributed by atoms with Crippen LogP contribution < -0.4 is 10.2 Å². The van der Waals surface area contributed by atoms with Crippen molar-refractivity contribution in [1.29, 1.82) is 0 Å². The van der Waals surface area contributed by atoms with E-state index in [0.29, 0.717) is 28.6 Å². The van der Waals surface area contributed by atoms with E-state index in [4.69, 9.17) is 21.6 Å². The van der Waals surface area contributed by atoms with E-state index in [2.05, 4.69) is 25.4 Å². The Labute approximate surface area is 179 Å². The second-order valence-electron chi connectivity index (χ2n) is 7.56. The van der Waals surface area contributed by atoms with E-state index >= 15 is 0 Å². The average Bonchev–Trinajstić information content (AvgIpc) is 3.17. The predicted octanol–water partition coefficient (Wildman–Crippen LogP) is 5.11. The number of anilines is 3. The molecule has 2 aromatic heterocycles. The number of nitrogens with one attached hydrogen (secondary N) is 2. The van der Waals surface area contributed by atoms with Crippen LogP contribution in [0.15, 0.2) is 42.5 Å². The van der Waals surface area contributed by atoms with Crippen molar-refractivity contribution in [2.75, 3.05) is 23.3 Å². The van der Waals surface area contributed by atoms with E-state index < -0.39 is 0 Å². The number of hydrogen-bond donors (Lipinski definition) is 2. The maximum atomic E-state index is 6.52. The molecule has 5 rings (SSSR count). The number of aromatic nitrogens is 5. The van der Waals surface area contributed by atoms with Crippen LogP contribution in [0.2, 0.25) is 5.02 Å². The molecule has 1 aliphatic rings. The maximum absolute atomic E-state index is 6.52. The number of nitrogens with zero attached hydrogens (tertiary/aromatic N) is 5. The molecule has 1 aliphatic heterocycles. The highest BCUT2D eigenvalue weighted by Crippen LogP contribution is 2.30. The first-order valence-electron chi connectivity index (χ1n) is 10.1. The molecule has 2 N–H and O–H groups in total. The van der Waals surface area contributed by atoms with Gasteiger partial charge in [-0.25, -0.2) is 0 Å². The number of fused-ring (bicyclic) bond motifs is 1. The minimum Gasteiger partial charge on any atom is -0.341 e. The number of benzene rings is 2. The van der Waals surface area contributed by atoms with E-state index in [9.17, 15) is 0 Å². The Morgan fingerprint density at radius 1 is 1.00 bits per heavy atom. The molecule has 0 aliphatic carbocycles. The molecule has 1 fully saturated rings. The summed E-state index contributed by atoms with van der Waals surface area (Å²) in [7, 11) is 0. The van der Waals surface area contributed by atoms with Crippen LogP contribution in [-0.2, 0) is 0 Å². The lowest BCUT2D eigenvalue weighted by Crippen LogP contribution is -2.31. The zero-order valence-electron chi connectivity index (χ0n) is 16.7. The van der Waals surface area contributed by atoms with Crippen molar-refractivity contribution in [2.24, 2.45) is 0 Å². The summed E-state index contributed by atoms with van der Waals surface area (Å²) >= 11 is 6.52. The van der Waals surface area contributed by atoms with Crippen LogP contribution in [0.4, 0.5) is 17.7 Å². The Morgan fingerprint density at radius 3 is 2.67 bits per heavy atom. The highest BCUT2D eigenvalue weighted by molar-refractivity contribution is 6.33. The lowest BCUT2D eigenvalue weighted by atomic mass is 10.1. The smallest absolute Gasteiger partial charge is 0.233 e. The molecule has 2 aromatic carbocycles. The van der Waals surface area contributed by atoms with Crippen molar-refractivity contribution < 1.29 is 0 Å². The summed E-state index contributed by atoms with van der Waals surface area (Å²) < 4.78 is 0. The summed E-state index contributed by atoms with van der Waals surface area (Å²) in [6, 6.07) is 13.8. The number of halogens is 1. The van der Waals surface area contributed by atoms with Crippen molar-refractivity contribution in [3.05, 3.63) is 53.1 Å². The molecule has 152 valence electrons. The lowest BCUT2D eigenvalue weighted by molar-refractivity contribution is 0.568. The second kappa shape index (κ2) is 7.91. The van der Waals surface area contributed by atoms with Crippen LogP contribution in [0.1, 0.15) is 24.8 Å². The van der Waals surface area contributed by atoms with Crippen LogP contribution in [0.25, 0.3) is 22.3 Å². The first kappa shape index (κ1) is 18.8. The molecule has 3 heterocycles. The number of H-pyrrole nitrogens is 1. The van der Waals surface area contributed by atoms with Gasteiger partial charge in [-0.1, -0.05) is 29.8 Å². The Morgan fingerprint density at radius 2 is 1.83 bits per heavy atom. The lowest BCUT2D eigenvalue weighted by Gasteiger charge is -2.27. The highest BCUT2D eigenvalue weighted by Gasteiger charge is 2.19. The van der Waals surface area contributed by atoms with Gasteiger partial charge in [0, 0.05) is 24.0 Å². The Hall–Kier alpha value is -3.19. The maximum Gasteiger partial charge on any atom is 0.233 e. The van der Waals surface area contributed by atoms with Crippen LogP contribution in [0.3, 0.4) is 0 Å². The molecule has 0 saturated carbocycles. The molecule has 8 heteroatoms. The molecule has 0 spiro atoms. The van der Waals surface area contributed by atoms with Crippen LogP contribution >= 0.6 is 11.6 Å². The van der Waals surface area contributed by atoms with Gasteiger partial charge < -0.3 is 10.2 Å². The summed E-state index contributed by atoms with van der Waals surface area (Å²) in [5.74, 6) is 2.36. The number of piperidine rings is 1. The van der Waals surface area contributed by atoms with E-state index in [1.54, 1.807) is 0 Å². The van der Waals surface area contributed by atoms with Gasteiger partial charge in [0.05, 0.1) is 10.5 Å². The Balaban J connectivity index is 1.58. The fourth-order valence-electron chi connectivity index (χ4n) is 3.74. The van der Waals surface area contributed by atoms with Crippen molar-refractivity contribution in [3.8, 4) is 11.4 Å². The number of rotatable bonds is 4. The number of aryl methyl sites for hydroxylation is 1. The predicted molar refractivity (Wildman–Crippen MR) is 120 cm³/mol. The second-order valence-corrected chi connectivity index (χ2v) is 7.96. The van der Waals surface area contributed by atoms with Crippen molar-refractivity contribution >= 4 is 40.2 Å². The van der Waals surface area contributed by atoms with E-state index in [1.807, 2.05) is 49.4 Å². The largest absolute Gasteiger partial charge is 0.341 e. The minimum atomic E-state index is 0.453. The Bertz CT molecular complexity index is 1200. The molecule has 7 nitrogen and oxygen atoms in total. The molecule has 0 amide bonds. The van der Waals surface area contributed by atoms with Gasteiger partial charge in [-0.15, -0.1) is 0 Å². The van der Waals surface area contributed by atoms with Gasteiger partial charge in [0.2, 0.25) is 11.9 Å². The van der Waals surface area contributed by atoms with Crippen LogP contribution in [0, 0.1) is 6.92 Å². The molecular formula is C22H22ClN7. The van der Waals surface area contributed by atoms with Crippen molar-refractivity contribution in [1.82, 2.24) is 25.1 Å². The van der Waals surface area contributed by atoms with Gasteiger partial charge in [-0.05, 0) is 56.0 Å². The third kappa shape index (κ3) is 3.68. The molecule has 0 bridgehead atoms. The van der Waals surface area contributed by atoms with Gasteiger partial charge in [-0.3, -0.25) is 5.10 Å². The molecule has 0 radical (unpaired) electrons. The summed E-state index contributed by atoms with van der Waals surface area (Å²) in [6.07, 6.45) is 3.51. The third-order valence-corrected chi connectivity index (χ3v) is 5.64. The topological polar surface area (TPSA) is 82.6 Å². The SMILES string of the molecule is Cc1ccc(-c2nc(Nc3n[nH]c4ccccc34)nc(N3CCCCC3)n2)c(Cl)c1.